The van der Waals surface area contributed by atoms with E-state index in [1.165, 1.54) is 30.2 Å². The van der Waals surface area contributed by atoms with E-state index in [0.29, 0.717) is 16.5 Å². The topological polar surface area (TPSA) is 103 Å². The highest BCUT2D eigenvalue weighted by atomic mass is 16.6. The Bertz CT molecular complexity index is 1150. The molecule has 0 aliphatic carbocycles. The lowest BCUT2D eigenvalue weighted by atomic mass is 9.98. The Kier molecular flexibility index (Phi) is 4.40. The van der Waals surface area contributed by atoms with Crippen molar-refractivity contribution in [2.45, 2.75) is 6.04 Å². The Morgan fingerprint density at radius 2 is 1.96 bits per heavy atom. The smallest absolute Gasteiger partial charge is 0.290 e. The summed E-state index contributed by atoms with van der Waals surface area (Å²) in [5, 5.41) is 11.6. The van der Waals surface area contributed by atoms with Crippen LogP contribution in [0.15, 0.2) is 57.7 Å². The molecular weight excluding hydrogens is 364 g/mol. The third kappa shape index (κ3) is 2.74. The van der Waals surface area contributed by atoms with Crippen LogP contribution < -0.4 is 5.43 Å². The van der Waals surface area contributed by atoms with Crippen LogP contribution in [0.5, 0.6) is 0 Å². The minimum Gasteiger partial charge on any atom is -0.450 e. The Labute approximate surface area is 159 Å². The second-order valence-corrected chi connectivity index (χ2v) is 6.42. The average molecular weight is 380 g/mol. The Balaban J connectivity index is 1.96. The number of rotatable bonds is 5. The molecule has 0 N–H and O–H groups in total. The van der Waals surface area contributed by atoms with E-state index in [1.54, 1.807) is 30.3 Å². The molecule has 2 heterocycles. The standard InChI is InChI=1S/C20H16N2O6/c1-27-10-9-21-17(12-5-4-6-13(11-12)22(25)26)16-18(23)14-7-2-3-8-15(14)28-19(16)20(21)24/h2-8,11,17H,9-10H2,1H3/t17-/m1/s1. The number of non-ortho nitro benzene ring substituents is 1. The van der Waals surface area contributed by atoms with E-state index in [2.05, 4.69) is 0 Å². The van der Waals surface area contributed by atoms with Crippen LogP contribution in [0.25, 0.3) is 11.0 Å². The predicted octanol–water partition coefficient (Wildman–Crippen LogP) is 2.89. The first-order chi connectivity index (χ1) is 13.5. The number of nitrogens with zero attached hydrogens (tertiary/aromatic N) is 2. The fraction of sp³-hybridized carbons (Fsp3) is 0.200. The Morgan fingerprint density at radius 3 is 2.71 bits per heavy atom. The molecule has 0 fully saturated rings. The molecule has 0 unspecified atom stereocenters. The SMILES string of the molecule is COCCN1C(=O)c2oc3ccccc3c(=O)c2[C@H]1c1cccc([N+](=O)[O-])c1. The number of benzene rings is 2. The molecule has 1 aromatic heterocycles. The first-order valence-electron chi connectivity index (χ1n) is 8.63. The highest BCUT2D eigenvalue weighted by Crippen LogP contribution is 2.38. The van der Waals surface area contributed by atoms with Gasteiger partial charge in [-0.25, -0.2) is 0 Å². The molecule has 28 heavy (non-hydrogen) atoms. The third-order valence-electron chi connectivity index (χ3n) is 4.81. The van der Waals surface area contributed by atoms with Crippen LogP contribution in [0, 0.1) is 10.1 Å². The second-order valence-electron chi connectivity index (χ2n) is 6.42. The van der Waals surface area contributed by atoms with Gasteiger partial charge in [-0.05, 0) is 17.7 Å². The summed E-state index contributed by atoms with van der Waals surface area (Å²) in [5.41, 5.74) is 0.558. The van der Waals surface area contributed by atoms with Gasteiger partial charge in [-0.15, -0.1) is 0 Å². The van der Waals surface area contributed by atoms with Crippen LogP contribution in [0.1, 0.15) is 27.7 Å². The van der Waals surface area contributed by atoms with Gasteiger partial charge in [0.15, 0.2) is 5.43 Å². The van der Waals surface area contributed by atoms with Gasteiger partial charge in [-0.1, -0.05) is 24.3 Å². The van der Waals surface area contributed by atoms with Crippen molar-refractivity contribution in [1.29, 1.82) is 0 Å². The van der Waals surface area contributed by atoms with Crippen molar-refractivity contribution in [3.8, 4) is 0 Å². The maximum Gasteiger partial charge on any atom is 0.290 e. The van der Waals surface area contributed by atoms with Gasteiger partial charge in [0, 0.05) is 25.8 Å². The van der Waals surface area contributed by atoms with E-state index in [9.17, 15) is 19.7 Å². The molecule has 8 nitrogen and oxygen atoms in total. The summed E-state index contributed by atoms with van der Waals surface area (Å²) < 4.78 is 10.9. The second kappa shape index (κ2) is 6.90. The summed E-state index contributed by atoms with van der Waals surface area (Å²) in [5.74, 6) is -0.470. The van der Waals surface area contributed by atoms with Crippen molar-refractivity contribution < 1.29 is 18.9 Å². The molecule has 0 radical (unpaired) electrons. The summed E-state index contributed by atoms with van der Waals surface area (Å²) in [7, 11) is 1.51. The van der Waals surface area contributed by atoms with Gasteiger partial charge in [0.1, 0.15) is 5.58 Å². The molecule has 0 saturated carbocycles. The van der Waals surface area contributed by atoms with E-state index >= 15 is 0 Å². The number of carbonyl (C=O) groups is 1. The van der Waals surface area contributed by atoms with Crippen LogP contribution >= 0.6 is 0 Å². The van der Waals surface area contributed by atoms with Crippen molar-refractivity contribution in [3.63, 3.8) is 0 Å². The fourth-order valence-corrected chi connectivity index (χ4v) is 3.54. The van der Waals surface area contributed by atoms with Gasteiger partial charge in [0.05, 0.1) is 28.5 Å². The first kappa shape index (κ1) is 17.9. The van der Waals surface area contributed by atoms with Crippen molar-refractivity contribution >= 4 is 22.6 Å². The molecule has 2 aromatic carbocycles. The summed E-state index contributed by atoms with van der Waals surface area (Å²) >= 11 is 0. The van der Waals surface area contributed by atoms with E-state index in [4.69, 9.17) is 9.15 Å². The maximum atomic E-state index is 13.2. The highest BCUT2D eigenvalue weighted by molar-refractivity contribution is 5.99. The van der Waals surface area contributed by atoms with Crippen LogP contribution in [0.2, 0.25) is 0 Å². The lowest BCUT2D eigenvalue weighted by molar-refractivity contribution is -0.384. The van der Waals surface area contributed by atoms with Gasteiger partial charge < -0.3 is 14.1 Å². The summed E-state index contributed by atoms with van der Waals surface area (Å²) in [6, 6.07) is 11.9. The van der Waals surface area contributed by atoms with Gasteiger partial charge in [0.25, 0.3) is 11.6 Å². The molecule has 1 aliphatic rings. The Hall–Kier alpha value is -3.52. The van der Waals surface area contributed by atoms with Crippen LogP contribution in [0.3, 0.4) is 0 Å². The molecule has 0 saturated heterocycles. The summed E-state index contributed by atoms with van der Waals surface area (Å²) in [6.07, 6.45) is 0. The lowest BCUT2D eigenvalue weighted by Gasteiger charge is -2.24. The average Bonchev–Trinajstić information content (AvgIpc) is 2.99. The molecule has 1 atom stereocenters. The van der Waals surface area contributed by atoms with Crippen molar-refractivity contribution in [2.24, 2.45) is 0 Å². The highest BCUT2D eigenvalue weighted by Gasteiger charge is 2.42. The van der Waals surface area contributed by atoms with Crippen LogP contribution in [0.4, 0.5) is 5.69 Å². The minimum atomic E-state index is -0.779. The van der Waals surface area contributed by atoms with Gasteiger partial charge in [0.2, 0.25) is 5.76 Å². The number of ether oxygens (including phenoxy) is 1. The minimum absolute atomic E-state index is 0.0312. The van der Waals surface area contributed by atoms with Crippen LogP contribution in [-0.2, 0) is 4.74 Å². The molecular formula is C20H16N2O6. The zero-order chi connectivity index (χ0) is 19.8. The number of hydrogen-bond donors (Lipinski definition) is 0. The van der Waals surface area contributed by atoms with Crippen LogP contribution in [-0.4, -0.2) is 36.0 Å². The van der Waals surface area contributed by atoms with E-state index < -0.39 is 16.9 Å². The molecule has 0 spiro atoms. The van der Waals surface area contributed by atoms with Crippen molar-refractivity contribution in [1.82, 2.24) is 4.90 Å². The largest absolute Gasteiger partial charge is 0.450 e. The molecule has 1 aliphatic heterocycles. The van der Waals surface area contributed by atoms with Gasteiger partial charge >= 0.3 is 0 Å². The van der Waals surface area contributed by atoms with Crippen molar-refractivity contribution in [3.05, 3.63) is 85.8 Å². The van der Waals surface area contributed by atoms with Gasteiger partial charge in [-0.2, -0.15) is 0 Å². The molecule has 4 rings (SSSR count). The lowest BCUT2D eigenvalue weighted by Crippen LogP contribution is -2.32. The zero-order valence-corrected chi connectivity index (χ0v) is 15.0. The summed E-state index contributed by atoms with van der Waals surface area (Å²) in [4.78, 5) is 38.3. The molecule has 1 amide bonds. The molecule has 3 aromatic rings. The van der Waals surface area contributed by atoms with Crippen molar-refractivity contribution in [2.75, 3.05) is 20.3 Å². The molecule has 142 valence electrons. The fourth-order valence-electron chi connectivity index (χ4n) is 3.54. The number of fused-ring (bicyclic) bond motifs is 2. The molecule has 0 bridgehead atoms. The normalized spacial score (nSPS) is 15.8. The van der Waals surface area contributed by atoms with Gasteiger partial charge in [-0.3, -0.25) is 19.7 Å². The zero-order valence-electron chi connectivity index (χ0n) is 15.0. The van der Waals surface area contributed by atoms with E-state index in [1.807, 2.05) is 0 Å². The number of methoxy groups -OCH3 is 1. The number of nitro benzene ring substituents is 1. The summed E-state index contributed by atoms with van der Waals surface area (Å²) in [6.45, 7) is 0.460. The Morgan fingerprint density at radius 1 is 1.18 bits per heavy atom. The van der Waals surface area contributed by atoms with E-state index in [-0.39, 0.29) is 35.6 Å². The number of nitro groups is 1. The number of amides is 1. The number of para-hydroxylation sites is 1. The number of carbonyl (C=O) groups excluding carboxylic acids is 1. The van der Waals surface area contributed by atoms with E-state index in [0.717, 1.165) is 0 Å². The number of hydrogen-bond acceptors (Lipinski definition) is 6. The third-order valence-corrected chi connectivity index (χ3v) is 4.81. The predicted molar refractivity (Wildman–Crippen MR) is 100 cm³/mol. The molecule has 8 heteroatoms. The monoisotopic (exact) mass is 380 g/mol. The first-order valence-corrected chi connectivity index (χ1v) is 8.63. The maximum absolute atomic E-state index is 13.2. The quantitative estimate of drug-likeness (QED) is 0.498.